The van der Waals surface area contributed by atoms with Crippen LogP contribution in [-0.2, 0) is 0 Å². The van der Waals surface area contributed by atoms with E-state index in [0.717, 1.165) is 5.69 Å². The molecule has 1 aromatic rings. The minimum absolute atomic E-state index is 0.363. The van der Waals surface area contributed by atoms with Crippen molar-refractivity contribution in [2.75, 3.05) is 20.2 Å². The van der Waals surface area contributed by atoms with E-state index < -0.39 is 5.91 Å². The Morgan fingerprint density at radius 1 is 1.56 bits per heavy atom. The molecular weight excluding hydrogens is 206 g/mol. The third kappa shape index (κ3) is 2.93. The van der Waals surface area contributed by atoms with Gasteiger partial charge in [-0.1, -0.05) is 0 Å². The molecule has 0 atom stereocenters. The minimum Gasteiger partial charge on any atom is -0.491 e. The lowest BCUT2D eigenvalue weighted by atomic mass is 10.1. The van der Waals surface area contributed by atoms with Gasteiger partial charge in [0.05, 0.1) is 5.69 Å². The van der Waals surface area contributed by atoms with E-state index in [1.54, 1.807) is 13.0 Å². The number of primary amides is 1. The SMILES string of the molecule is CNCCOc1cc(C)nc(C)c1C(N)=O. The summed E-state index contributed by atoms with van der Waals surface area (Å²) >= 11 is 0. The van der Waals surface area contributed by atoms with Crippen LogP contribution >= 0.6 is 0 Å². The zero-order chi connectivity index (χ0) is 12.1. The fourth-order valence-electron chi connectivity index (χ4n) is 1.47. The van der Waals surface area contributed by atoms with Crippen molar-refractivity contribution < 1.29 is 9.53 Å². The quantitative estimate of drug-likeness (QED) is 0.708. The fourth-order valence-corrected chi connectivity index (χ4v) is 1.47. The van der Waals surface area contributed by atoms with Gasteiger partial charge in [0.1, 0.15) is 17.9 Å². The molecule has 1 aromatic heterocycles. The maximum atomic E-state index is 11.3. The molecule has 5 heteroatoms. The molecule has 0 fully saturated rings. The van der Waals surface area contributed by atoms with Crippen LogP contribution in [-0.4, -0.2) is 31.1 Å². The Labute approximate surface area is 95.0 Å². The summed E-state index contributed by atoms with van der Waals surface area (Å²) < 4.78 is 5.50. The number of nitrogens with one attached hydrogen (secondary N) is 1. The summed E-state index contributed by atoms with van der Waals surface area (Å²) in [5, 5.41) is 2.96. The van der Waals surface area contributed by atoms with Gasteiger partial charge in [0.15, 0.2) is 0 Å². The molecule has 0 saturated carbocycles. The summed E-state index contributed by atoms with van der Waals surface area (Å²) in [6.45, 7) is 4.79. The molecule has 0 aliphatic carbocycles. The van der Waals surface area contributed by atoms with E-state index in [1.807, 2.05) is 14.0 Å². The van der Waals surface area contributed by atoms with E-state index in [2.05, 4.69) is 10.3 Å². The standard InChI is InChI=1S/C11H17N3O2/c1-7-6-9(16-5-4-13-3)10(11(12)15)8(2)14-7/h6,13H,4-5H2,1-3H3,(H2,12,15). The number of nitrogens with two attached hydrogens (primary N) is 1. The Hall–Kier alpha value is -1.62. The molecule has 1 heterocycles. The molecule has 16 heavy (non-hydrogen) atoms. The van der Waals surface area contributed by atoms with Crippen LogP contribution < -0.4 is 15.8 Å². The van der Waals surface area contributed by atoms with Crippen LogP contribution in [0.25, 0.3) is 0 Å². The van der Waals surface area contributed by atoms with Gasteiger partial charge in [-0.3, -0.25) is 9.78 Å². The second-order valence-corrected chi connectivity index (χ2v) is 3.54. The van der Waals surface area contributed by atoms with Gasteiger partial charge in [-0.05, 0) is 20.9 Å². The number of aromatic nitrogens is 1. The minimum atomic E-state index is -0.510. The molecule has 1 rings (SSSR count). The number of amides is 1. The van der Waals surface area contributed by atoms with Gasteiger partial charge in [0.2, 0.25) is 0 Å². The number of nitrogens with zero attached hydrogens (tertiary/aromatic N) is 1. The second kappa shape index (κ2) is 5.46. The van der Waals surface area contributed by atoms with Crippen LogP contribution in [0.3, 0.4) is 0 Å². The lowest BCUT2D eigenvalue weighted by Crippen LogP contribution is -2.20. The van der Waals surface area contributed by atoms with Crippen molar-refractivity contribution in [3.63, 3.8) is 0 Å². The third-order valence-corrected chi connectivity index (χ3v) is 2.15. The summed E-state index contributed by atoms with van der Waals surface area (Å²) in [5.74, 6) is -0.00259. The first-order valence-corrected chi connectivity index (χ1v) is 5.11. The molecule has 0 aromatic carbocycles. The molecule has 3 N–H and O–H groups in total. The Balaban J connectivity index is 2.99. The predicted octanol–water partition coefficient (Wildman–Crippen LogP) is 0.396. The molecule has 0 aliphatic heterocycles. The van der Waals surface area contributed by atoms with E-state index in [0.29, 0.717) is 30.2 Å². The Kier molecular flexibility index (Phi) is 4.25. The number of pyridine rings is 1. The van der Waals surface area contributed by atoms with Gasteiger partial charge in [0.25, 0.3) is 5.91 Å². The van der Waals surface area contributed by atoms with Gasteiger partial charge >= 0.3 is 0 Å². The first-order chi connectivity index (χ1) is 7.56. The van der Waals surface area contributed by atoms with Crippen molar-refractivity contribution >= 4 is 5.91 Å². The van der Waals surface area contributed by atoms with Crippen LogP contribution in [0, 0.1) is 13.8 Å². The summed E-state index contributed by atoms with van der Waals surface area (Å²) in [4.78, 5) is 15.5. The van der Waals surface area contributed by atoms with Crippen molar-refractivity contribution in [3.05, 3.63) is 23.0 Å². The van der Waals surface area contributed by atoms with Gasteiger partial charge < -0.3 is 15.8 Å². The Morgan fingerprint density at radius 2 is 2.25 bits per heavy atom. The highest BCUT2D eigenvalue weighted by Crippen LogP contribution is 2.21. The summed E-state index contributed by atoms with van der Waals surface area (Å²) in [6, 6.07) is 1.72. The fraction of sp³-hybridized carbons (Fsp3) is 0.455. The zero-order valence-corrected chi connectivity index (χ0v) is 9.83. The maximum Gasteiger partial charge on any atom is 0.254 e. The summed E-state index contributed by atoms with van der Waals surface area (Å²) in [7, 11) is 1.83. The van der Waals surface area contributed by atoms with Crippen LogP contribution in [0.15, 0.2) is 6.07 Å². The highest BCUT2D eigenvalue weighted by molar-refractivity contribution is 5.96. The molecule has 1 amide bonds. The lowest BCUT2D eigenvalue weighted by molar-refractivity contribution is 0.0995. The van der Waals surface area contributed by atoms with Crippen molar-refractivity contribution in [1.29, 1.82) is 0 Å². The van der Waals surface area contributed by atoms with E-state index >= 15 is 0 Å². The van der Waals surface area contributed by atoms with Crippen molar-refractivity contribution in [2.45, 2.75) is 13.8 Å². The molecule has 5 nitrogen and oxygen atoms in total. The number of likely N-dealkylation sites (N-methyl/N-ethyl adjacent to an activating group) is 1. The molecular formula is C11H17N3O2. The summed E-state index contributed by atoms with van der Waals surface area (Å²) in [5.41, 5.74) is 7.07. The maximum absolute atomic E-state index is 11.3. The Bertz CT molecular complexity index is 391. The predicted molar refractivity (Wildman–Crippen MR) is 61.7 cm³/mol. The molecule has 0 radical (unpaired) electrons. The zero-order valence-electron chi connectivity index (χ0n) is 9.83. The normalized spacial score (nSPS) is 10.2. The van der Waals surface area contributed by atoms with E-state index in [9.17, 15) is 4.79 Å². The first-order valence-electron chi connectivity index (χ1n) is 5.11. The molecule has 88 valence electrons. The van der Waals surface area contributed by atoms with Crippen molar-refractivity contribution in [1.82, 2.24) is 10.3 Å². The highest BCUT2D eigenvalue weighted by atomic mass is 16.5. The first kappa shape index (κ1) is 12.4. The van der Waals surface area contributed by atoms with Crippen LogP contribution in [0.5, 0.6) is 5.75 Å². The van der Waals surface area contributed by atoms with E-state index in [1.165, 1.54) is 0 Å². The van der Waals surface area contributed by atoms with Gasteiger partial charge in [-0.25, -0.2) is 0 Å². The van der Waals surface area contributed by atoms with Crippen molar-refractivity contribution in [2.24, 2.45) is 5.73 Å². The number of ether oxygens (including phenoxy) is 1. The molecule has 0 aliphatic rings. The molecule has 0 spiro atoms. The van der Waals surface area contributed by atoms with Crippen LogP contribution in [0.2, 0.25) is 0 Å². The number of carbonyl (C=O) groups excluding carboxylic acids is 1. The number of hydrogen-bond donors (Lipinski definition) is 2. The average Bonchev–Trinajstić information content (AvgIpc) is 2.16. The smallest absolute Gasteiger partial charge is 0.254 e. The average molecular weight is 223 g/mol. The lowest BCUT2D eigenvalue weighted by Gasteiger charge is -2.12. The number of carbonyl (C=O) groups is 1. The summed E-state index contributed by atoms with van der Waals surface area (Å²) in [6.07, 6.45) is 0. The highest BCUT2D eigenvalue weighted by Gasteiger charge is 2.14. The number of aryl methyl sites for hydroxylation is 2. The topological polar surface area (TPSA) is 77.2 Å². The number of rotatable bonds is 5. The van der Waals surface area contributed by atoms with Gasteiger partial charge in [0, 0.05) is 18.3 Å². The number of hydrogen-bond acceptors (Lipinski definition) is 4. The third-order valence-electron chi connectivity index (χ3n) is 2.15. The largest absolute Gasteiger partial charge is 0.491 e. The van der Waals surface area contributed by atoms with E-state index in [4.69, 9.17) is 10.5 Å². The van der Waals surface area contributed by atoms with Gasteiger partial charge in [-0.2, -0.15) is 0 Å². The monoisotopic (exact) mass is 223 g/mol. The molecule has 0 unspecified atom stereocenters. The molecule has 0 bridgehead atoms. The molecule has 0 saturated heterocycles. The van der Waals surface area contributed by atoms with Gasteiger partial charge in [-0.15, -0.1) is 0 Å². The Morgan fingerprint density at radius 3 is 2.81 bits per heavy atom. The van der Waals surface area contributed by atoms with Crippen LogP contribution in [0.4, 0.5) is 0 Å². The second-order valence-electron chi connectivity index (χ2n) is 3.54. The van der Waals surface area contributed by atoms with E-state index in [-0.39, 0.29) is 0 Å². The van der Waals surface area contributed by atoms with Crippen molar-refractivity contribution in [3.8, 4) is 5.75 Å². The van der Waals surface area contributed by atoms with Crippen LogP contribution in [0.1, 0.15) is 21.7 Å².